The van der Waals surface area contributed by atoms with Crippen LogP contribution in [0.1, 0.15) is 12.8 Å². The molecule has 0 fully saturated rings. The normalized spacial score (nSPS) is 14.3. The van der Waals surface area contributed by atoms with E-state index < -0.39 is 17.9 Å². The van der Waals surface area contributed by atoms with Crippen LogP contribution in [0, 0.1) is 0 Å². The van der Waals surface area contributed by atoms with E-state index in [1.54, 1.807) is 0 Å². The lowest BCUT2D eigenvalue weighted by atomic mass is 10.4. The monoisotopic (exact) mass is 473 g/mol. The second kappa shape index (κ2) is 18.6. The topological polar surface area (TPSA) is 186 Å². The third kappa shape index (κ3) is 12.6. The summed E-state index contributed by atoms with van der Waals surface area (Å²) in [7, 11) is 1.10. The molecule has 0 radical (unpaired) electrons. The summed E-state index contributed by atoms with van der Waals surface area (Å²) in [4.78, 5) is 55.7. The van der Waals surface area contributed by atoms with Crippen LogP contribution in [-0.4, -0.2) is 110 Å². The smallest absolute Gasteiger partial charge is 0.423 e. The first kappa shape index (κ1) is 30.0. The average Bonchev–Trinajstić information content (AvgIpc) is 3.32. The van der Waals surface area contributed by atoms with E-state index in [1.807, 2.05) is 0 Å². The molecule has 33 heavy (non-hydrogen) atoms. The Morgan fingerprint density at radius 2 is 1.27 bits per heavy atom. The number of amides is 5. The predicted octanol–water partition coefficient (Wildman–Crippen LogP) is -1.67. The zero-order valence-electron chi connectivity index (χ0n) is 18.5. The molecule has 0 unspecified atom stereocenters. The summed E-state index contributed by atoms with van der Waals surface area (Å²) < 4.78 is 14.1. The lowest BCUT2D eigenvalue weighted by molar-refractivity contribution is -0.137. The maximum absolute atomic E-state index is 11.0. The molecular formula is C20H31N3O10. The minimum absolute atomic E-state index is 0.0108. The highest BCUT2D eigenvalue weighted by molar-refractivity contribution is 6.21. The summed E-state index contributed by atoms with van der Waals surface area (Å²) in [5.41, 5.74) is 5.17. The zero-order chi connectivity index (χ0) is 25.1. The standard InChI is InChI=1S/C9H13NO4.C6H5NO4.C5H13NO2/c11-5-7-14-6-1-4-10-8(12)2-3-9(10)13;1-11-6(10)7-4(8)2-3-5(7)9;6-2-1-4-8-5-3-7/h2-3,11H,1,4-7H2;2-3H,1H3;7H,1-6H2. The van der Waals surface area contributed by atoms with Crippen molar-refractivity contribution >= 4 is 29.7 Å². The molecule has 0 spiro atoms. The molecule has 0 saturated carbocycles. The van der Waals surface area contributed by atoms with Crippen molar-refractivity contribution in [2.24, 2.45) is 5.73 Å². The van der Waals surface area contributed by atoms with Crippen molar-refractivity contribution < 1.29 is 48.4 Å². The first-order valence-corrected chi connectivity index (χ1v) is 10.1. The SMILES string of the molecule is COC(=O)N1C(=O)C=CC1=O.NCCCOCCO.O=C1C=CC(=O)N1CCCOCCO. The van der Waals surface area contributed by atoms with E-state index in [9.17, 15) is 24.0 Å². The van der Waals surface area contributed by atoms with Gasteiger partial charge in [0.2, 0.25) is 0 Å². The largest absolute Gasteiger partial charge is 0.452 e. The lowest BCUT2D eigenvalue weighted by Gasteiger charge is -2.12. The van der Waals surface area contributed by atoms with E-state index in [2.05, 4.69) is 4.74 Å². The Bertz CT molecular complexity index is 666. The molecule has 2 rings (SSSR count). The molecule has 2 aliphatic rings. The van der Waals surface area contributed by atoms with Gasteiger partial charge in [-0.15, -0.1) is 0 Å². The fourth-order valence-corrected chi connectivity index (χ4v) is 2.17. The second-order valence-corrected chi connectivity index (χ2v) is 6.14. The highest BCUT2D eigenvalue weighted by atomic mass is 16.5. The molecule has 186 valence electrons. The third-order valence-corrected chi connectivity index (χ3v) is 3.70. The van der Waals surface area contributed by atoms with Crippen LogP contribution in [-0.2, 0) is 33.4 Å². The van der Waals surface area contributed by atoms with Gasteiger partial charge in [-0.05, 0) is 19.4 Å². The number of ether oxygens (including phenoxy) is 3. The summed E-state index contributed by atoms with van der Waals surface area (Å²) in [6.45, 7) is 2.95. The predicted molar refractivity (Wildman–Crippen MR) is 113 cm³/mol. The first-order valence-electron chi connectivity index (χ1n) is 10.1. The van der Waals surface area contributed by atoms with Crippen molar-refractivity contribution in [3.8, 4) is 0 Å². The molecular weight excluding hydrogens is 442 g/mol. The van der Waals surface area contributed by atoms with Crippen LogP contribution in [0.4, 0.5) is 4.79 Å². The Balaban J connectivity index is 0.000000485. The van der Waals surface area contributed by atoms with Crippen LogP contribution in [0.2, 0.25) is 0 Å². The molecule has 5 amide bonds. The van der Waals surface area contributed by atoms with Crippen LogP contribution in [0.25, 0.3) is 0 Å². The molecule has 13 heteroatoms. The molecule has 2 aliphatic heterocycles. The Morgan fingerprint density at radius 1 is 0.818 bits per heavy atom. The number of aliphatic hydroxyl groups is 2. The van der Waals surface area contributed by atoms with E-state index in [0.717, 1.165) is 25.7 Å². The number of hydrogen-bond donors (Lipinski definition) is 3. The van der Waals surface area contributed by atoms with Crippen molar-refractivity contribution in [3.05, 3.63) is 24.3 Å². The summed E-state index contributed by atoms with van der Waals surface area (Å²) in [5.74, 6) is -1.86. The minimum atomic E-state index is -0.954. The van der Waals surface area contributed by atoms with Gasteiger partial charge < -0.3 is 30.2 Å². The van der Waals surface area contributed by atoms with Gasteiger partial charge in [0.25, 0.3) is 23.6 Å². The van der Waals surface area contributed by atoms with Gasteiger partial charge in [-0.3, -0.25) is 24.1 Å². The van der Waals surface area contributed by atoms with E-state index in [0.29, 0.717) is 50.8 Å². The third-order valence-electron chi connectivity index (χ3n) is 3.70. The van der Waals surface area contributed by atoms with Crippen molar-refractivity contribution in [1.29, 1.82) is 0 Å². The Morgan fingerprint density at radius 3 is 1.70 bits per heavy atom. The first-order chi connectivity index (χ1) is 15.8. The van der Waals surface area contributed by atoms with Gasteiger partial charge in [-0.2, -0.15) is 4.90 Å². The lowest BCUT2D eigenvalue weighted by Crippen LogP contribution is -2.35. The summed E-state index contributed by atoms with van der Waals surface area (Å²) in [6, 6.07) is 0. The molecule has 0 aromatic carbocycles. The number of carbonyl (C=O) groups is 5. The quantitative estimate of drug-likeness (QED) is 0.230. The number of hydrogen-bond acceptors (Lipinski definition) is 11. The molecule has 0 aromatic heterocycles. The van der Waals surface area contributed by atoms with E-state index in [4.69, 9.17) is 25.4 Å². The molecule has 2 heterocycles. The van der Waals surface area contributed by atoms with Crippen LogP contribution in [0.5, 0.6) is 0 Å². The number of methoxy groups -OCH3 is 1. The van der Waals surface area contributed by atoms with Crippen molar-refractivity contribution in [2.45, 2.75) is 12.8 Å². The van der Waals surface area contributed by atoms with Gasteiger partial charge in [-0.1, -0.05) is 0 Å². The van der Waals surface area contributed by atoms with Crippen molar-refractivity contribution in [1.82, 2.24) is 9.80 Å². The zero-order valence-corrected chi connectivity index (χ0v) is 18.5. The van der Waals surface area contributed by atoms with Gasteiger partial charge in [0.1, 0.15) is 0 Å². The van der Waals surface area contributed by atoms with Crippen LogP contribution >= 0.6 is 0 Å². The van der Waals surface area contributed by atoms with E-state index >= 15 is 0 Å². The Hall–Kier alpha value is -2.97. The maximum atomic E-state index is 11.0. The fraction of sp³-hybridized carbons (Fsp3) is 0.550. The number of imide groups is 4. The van der Waals surface area contributed by atoms with Gasteiger partial charge in [0.05, 0.1) is 33.5 Å². The second-order valence-electron chi connectivity index (χ2n) is 6.14. The molecule has 0 aromatic rings. The van der Waals surface area contributed by atoms with Gasteiger partial charge in [0, 0.05) is 44.1 Å². The molecule has 4 N–H and O–H groups in total. The average molecular weight is 473 g/mol. The summed E-state index contributed by atoms with van der Waals surface area (Å²) in [5, 5.41) is 16.6. The highest BCUT2D eigenvalue weighted by Crippen LogP contribution is 2.05. The Kier molecular flexibility index (Phi) is 16.9. The fourth-order valence-electron chi connectivity index (χ4n) is 2.17. The minimum Gasteiger partial charge on any atom is -0.452 e. The van der Waals surface area contributed by atoms with E-state index in [-0.39, 0.29) is 25.0 Å². The van der Waals surface area contributed by atoms with Gasteiger partial charge >= 0.3 is 6.09 Å². The maximum Gasteiger partial charge on any atom is 0.423 e. The summed E-state index contributed by atoms with van der Waals surface area (Å²) >= 11 is 0. The summed E-state index contributed by atoms with van der Waals surface area (Å²) in [6.07, 6.45) is 5.07. The van der Waals surface area contributed by atoms with Crippen molar-refractivity contribution in [3.63, 3.8) is 0 Å². The number of nitrogens with zero attached hydrogens (tertiary/aromatic N) is 2. The van der Waals surface area contributed by atoms with Crippen LogP contribution in [0.3, 0.4) is 0 Å². The van der Waals surface area contributed by atoms with E-state index in [1.165, 1.54) is 17.1 Å². The van der Waals surface area contributed by atoms with Crippen molar-refractivity contribution in [2.75, 3.05) is 59.8 Å². The molecule has 0 aliphatic carbocycles. The number of rotatable bonds is 11. The molecule has 0 saturated heterocycles. The molecule has 0 bridgehead atoms. The van der Waals surface area contributed by atoms with Crippen LogP contribution < -0.4 is 5.73 Å². The van der Waals surface area contributed by atoms with Gasteiger partial charge in [0.15, 0.2) is 0 Å². The van der Waals surface area contributed by atoms with Gasteiger partial charge in [-0.25, -0.2) is 4.79 Å². The highest BCUT2D eigenvalue weighted by Gasteiger charge is 2.30. The Labute approximate surface area is 191 Å². The number of nitrogens with two attached hydrogens (primary N) is 1. The molecule has 13 nitrogen and oxygen atoms in total. The van der Waals surface area contributed by atoms with Crippen LogP contribution in [0.15, 0.2) is 24.3 Å². The number of carbonyl (C=O) groups excluding carboxylic acids is 5. The molecule has 0 atom stereocenters. The number of aliphatic hydroxyl groups excluding tert-OH is 2.